The first kappa shape index (κ1) is 11.5. The van der Waals surface area contributed by atoms with Crippen LogP contribution >= 0.6 is 15.9 Å². The van der Waals surface area contributed by atoms with E-state index in [1.165, 1.54) is 44.9 Å². The molecule has 2 unspecified atom stereocenters. The van der Waals surface area contributed by atoms with Crippen LogP contribution in [0.5, 0.6) is 0 Å². The highest BCUT2D eigenvalue weighted by Crippen LogP contribution is 2.27. The summed E-state index contributed by atoms with van der Waals surface area (Å²) >= 11 is 3.63. The van der Waals surface area contributed by atoms with Crippen LogP contribution < -0.4 is 0 Å². The third-order valence-corrected chi connectivity index (χ3v) is 3.50. The number of ether oxygens (including phenoxy) is 1. The third kappa shape index (κ3) is 5.02. The van der Waals surface area contributed by atoms with Crippen molar-refractivity contribution in [3.8, 4) is 0 Å². The molecule has 0 aromatic carbocycles. The number of hydrogen-bond acceptors (Lipinski definition) is 1. The van der Waals surface area contributed by atoms with E-state index in [0.29, 0.717) is 10.9 Å². The molecule has 2 atom stereocenters. The first-order valence-electron chi connectivity index (χ1n) is 5.58. The van der Waals surface area contributed by atoms with E-state index in [4.69, 9.17) is 4.74 Å². The second kappa shape index (κ2) is 6.83. The van der Waals surface area contributed by atoms with Gasteiger partial charge in [0, 0.05) is 11.4 Å². The fraction of sp³-hybridized carbons (Fsp3) is 1.00. The molecule has 0 amide bonds. The van der Waals surface area contributed by atoms with Gasteiger partial charge in [-0.05, 0) is 25.7 Å². The van der Waals surface area contributed by atoms with E-state index in [1.807, 2.05) is 0 Å². The summed E-state index contributed by atoms with van der Waals surface area (Å²) in [5.74, 6) is 0. The van der Waals surface area contributed by atoms with Crippen molar-refractivity contribution in [2.24, 2.45) is 0 Å². The minimum atomic E-state index is 0.547. The van der Waals surface area contributed by atoms with Gasteiger partial charge in [-0.3, -0.25) is 0 Å². The van der Waals surface area contributed by atoms with Gasteiger partial charge in [0.1, 0.15) is 0 Å². The number of unbranched alkanes of at least 4 members (excludes halogenated alkanes) is 3. The number of rotatable bonds is 6. The van der Waals surface area contributed by atoms with E-state index >= 15 is 0 Å². The predicted octanol–water partition coefficient (Wildman–Crippen LogP) is 3.90. The fourth-order valence-electron chi connectivity index (χ4n) is 1.82. The van der Waals surface area contributed by atoms with Gasteiger partial charge in [0.05, 0.1) is 6.10 Å². The minimum absolute atomic E-state index is 0.547. The lowest BCUT2D eigenvalue weighted by atomic mass is 10.2. The van der Waals surface area contributed by atoms with E-state index in [9.17, 15) is 0 Å². The lowest BCUT2D eigenvalue weighted by Gasteiger charge is -2.10. The van der Waals surface area contributed by atoms with Crippen molar-refractivity contribution in [3.63, 3.8) is 0 Å². The van der Waals surface area contributed by atoms with E-state index < -0.39 is 0 Å². The third-order valence-electron chi connectivity index (χ3n) is 2.67. The second-order valence-corrected chi connectivity index (χ2v) is 5.26. The van der Waals surface area contributed by atoms with Gasteiger partial charge < -0.3 is 4.74 Å². The molecular weight excluding hydrogens is 228 g/mol. The van der Waals surface area contributed by atoms with E-state index in [0.717, 1.165) is 6.61 Å². The average molecular weight is 249 g/mol. The van der Waals surface area contributed by atoms with Crippen LogP contribution in [-0.4, -0.2) is 17.5 Å². The Labute approximate surface area is 90.4 Å². The zero-order valence-corrected chi connectivity index (χ0v) is 10.2. The largest absolute Gasteiger partial charge is 0.378 e. The average Bonchev–Trinajstić information content (AvgIpc) is 2.51. The van der Waals surface area contributed by atoms with Gasteiger partial charge in [0.2, 0.25) is 0 Å². The molecule has 1 nitrogen and oxygen atoms in total. The summed E-state index contributed by atoms with van der Waals surface area (Å²) in [5.41, 5.74) is 0. The predicted molar refractivity (Wildman–Crippen MR) is 60.4 cm³/mol. The topological polar surface area (TPSA) is 9.23 Å². The van der Waals surface area contributed by atoms with E-state index in [-0.39, 0.29) is 0 Å². The number of halogens is 1. The van der Waals surface area contributed by atoms with Crippen molar-refractivity contribution in [2.75, 3.05) is 6.61 Å². The molecule has 1 aliphatic carbocycles. The molecule has 1 fully saturated rings. The quantitative estimate of drug-likeness (QED) is 0.512. The van der Waals surface area contributed by atoms with Gasteiger partial charge >= 0.3 is 0 Å². The molecule has 0 N–H and O–H groups in total. The van der Waals surface area contributed by atoms with Crippen LogP contribution in [0.3, 0.4) is 0 Å². The Balaban J connectivity index is 1.88. The summed E-state index contributed by atoms with van der Waals surface area (Å²) in [6.45, 7) is 3.22. The molecule has 0 heterocycles. The van der Waals surface area contributed by atoms with Gasteiger partial charge in [0.25, 0.3) is 0 Å². The molecule has 0 saturated heterocycles. The Bertz CT molecular complexity index is 127. The van der Waals surface area contributed by atoms with Crippen LogP contribution in [0.2, 0.25) is 0 Å². The van der Waals surface area contributed by atoms with Crippen LogP contribution in [0.15, 0.2) is 0 Å². The van der Waals surface area contributed by atoms with Gasteiger partial charge in [-0.25, -0.2) is 0 Å². The van der Waals surface area contributed by atoms with Crippen LogP contribution in [0.1, 0.15) is 51.9 Å². The summed E-state index contributed by atoms with van der Waals surface area (Å²) in [5, 5.41) is 0. The summed E-state index contributed by atoms with van der Waals surface area (Å²) < 4.78 is 5.79. The molecule has 1 saturated carbocycles. The van der Waals surface area contributed by atoms with Crippen molar-refractivity contribution in [1.82, 2.24) is 0 Å². The molecule has 1 aliphatic rings. The molecule has 0 bridgehead atoms. The van der Waals surface area contributed by atoms with Crippen molar-refractivity contribution in [2.45, 2.75) is 62.8 Å². The summed E-state index contributed by atoms with van der Waals surface area (Å²) in [6, 6.07) is 0. The Hall–Kier alpha value is 0.440. The van der Waals surface area contributed by atoms with Crippen LogP contribution in [-0.2, 0) is 4.74 Å². The maximum absolute atomic E-state index is 5.79. The molecule has 13 heavy (non-hydrogen) atoms. The smallest absolute Gasteiger partial charge is 0.0586 e. The first-order valence-corrected chi connectivity index (χ1v) is 6.50. The maximum Gasteiger partial charge on any atom is 0.0586 e. The van der Waals surface area contributed by atoms with E-state index in [2.05, 4.69) is 22.9 Å². The monoisotopic (exact) mass is 248 g/mol. The maximum atomic E-state index is 5.79. The first-order chi connectivity index (χ1) is 6.33. The SMILES string of the molecule is CCCCCCOC1CCC(Br)C1. The Morgan fingerprint density at radius 2 is 2.08 bits per heavy atom. The van der Waals surface area contributed by atoms with Crippen LogP contribution in [0.4, 0.5) is 0 Å². The zero-order valence-electron chi connectivity index (χ0n) is 8.60. The fourth-order valence-corrected chi connectivity index (χ4v) is 2.50. The van der Waals surface area contributed by atoms with Crippen molar-refractivity contribution >= 4 is 15.9 Å². The molecule has 0 aromatic rings. The molecule has 0 radical (unpaired) electrons. The van der Waals surface area contributed by atoms with Crippen LogP contribution in [0.25, 0.3) is 0 Å². The summed E-state index contributed by atoms with van der Waals surface area (Å²) in [6.07, 6.45) is 9.56. The normalized spacial score (nSPS) is 28.2. The highest BCUT2D eigenvalue weighted by Gasteiger charge is 2.22. The van der Waals surface area contributed by atoms with Crippen molar-refractivity contribution < 1.29 is 4.74 Å². The summed E-state index contributed by atoms with van der Waals surface area (Å²) in [4.78, 5) is 0.716. The van der Waals surface area contributed by atoms with Gasteiger partial charge in [0.15, 0.2) is 0 Å². The van der Waals surface area contributed by atoms with Crippen molar-refractivity contribution in [1.29, 1.82) is 0 Å². The van der Waals surface area contributed by atoms with Gasteiger partial charge in [-0.2, -0.15) is 0 Å². The molecule has 0 spiro atoms. The Morgan fingerprint density at radius 1 is 1.23 bits per heavy atom. The van der Waals surface area contributed by atoms with Crippen molar-refractivity contribution in [3.05, 3.63) is 0 Å². The van der Waals surface area contributed by atoms with Crippen LogP contribution in [0, 0.1) is 0 Å². The molecule has 2 heteroatoms. The highest BCUT2D eigenvalue weighted by atomic mass is 79.9. The zero-order chi connectivity index (χ0) is 9.52. The standard InChI is InChI=1S/C11H21BrO/c1-2-3-4-5-8-13-11-7-6-10(12)9-11/h10-11H,2-9H2,1H3. The minimum Gasteiger partial charge on any atom is -0.378 e. The number of alkyl halides is 1. The molecule has 0 aliphatic heterocycles. The Kier molecular flexibility index (Phi) is 6.05. The highest BCUT2D eigenvalue weighted by molar-refractivity contribution is 9.09. The molecule has 1 rings (SSSR count). The lowest BCUT2D eigenvalue weighted by molar-refractivity contribution is 0.0560. The lowest BCUT2D eigenvalue weighted by Crippen LogP contribution is -2.09. The van der Waals surface area contributed by atoms with Gasteiger partial charge in [-0.15, -0.1) is 0 Å². The van der Waals surface area contributed by atoms with E-state index in [1.54, 1.807) is 0 Å². The molecular formula is C11H21BrO. The van der Waals surface area contributed by atoms with Gasteiger partial charge in [-0.1, -0.05) is 42.1 Å². The molecule has 0 aromatic heterocycles. The summed E-state index contributed by atoms with van der Waals surface area (Å²) in [7, 11) is 0. The second-order valence-electron chi connectivity index (χ2n) is 3.96. The number of hydrogen-bond donors (Lipinski definition) is 0. The molecule has 78 valence electrons. The Morgan fingerprint density at radius 3 is 2.69 bits per heavy atom.